The molecule has 186 valence electrons. The predicted octanol–water partition coefficient (Wildman–Crippen LogP) is 5.05. The molecule has 1 fully saturated rings. The molecule has 35 heavy (non-hydrogen) atoms. The van der Waals surface area contributed by atoms with Gasteiger partial charge in [0.25, 0.3) is 0 Å². The Morgan fingerprint density at radius 2 is 1.17 bits per heavy atom. The molecule has 3 aromatic carbocycles. The predicted molar refractivity (Wildman–Crippen MR) is 124 cm³/mol. The van der Waals surface area contributed by atoms with Crippen LogP contribution in [-0.2, 0) is 29.3 Å². The van der Waals surface area contributed by atoms with Gasteiger partial charge >= 0.3 is 0 Å². The van der Waals surface area contributed by atoms with Crippen LogP contribution in [0.1, 0.15) is 29.5 Å². The third-order valence-corrected chi connectivity index (χ3v) is 4.93. The van der Waals surface area contributed by atoms with E-state index in [0.717, 1.165) is 29.5 Å². The number of nitrogens with zero attached hydrogens (tertiary/aromatic N) is 1. The SMILES string of the molecule is N#C[C@H]1CC[C@@H](COCc2ccc(F)cc2)O1.OCc1ccc(F)cc1.OCc1ccc(F)cc1. The van der Waals surface area contributed by atoms with E-state index in [1.807, 2.05) is 0 Å². The summed E-state index contributed by atoms with van der Waals surface area (Å²) in [4.78, 5) is 0. The van der Waals surface area contributed by atoms with Crippen molar-refractivity contribution in [3.8, 4) is 6.07 Å². The van der Waals surface area contributed by atoms with Crippen LogP contribution in [0.3, 0.4) is 0 Å². The molecule has 0 aromatic heterocycles. The van der Waals surface area contributed by atoms with Gasteiger partial charge in [0.1, 0.15) is 23.6 Å². The van der Waals surface area contributed by atoms with Crippen LogP contribution in [0.4, 0.5) is 13.2 Å². The second-order valence-corrected chi connectivity index (χ2v) is 7.66. The molecule has 2 N–H and O–H groups in total. The Hall–Kier alpha value is -3.22. The zero-order valence-corrected chi connectivity index (χ0v) is 19.1. The molecule has 1 aliphatic rings. The molecule has 1 heterocycles. The maximum Gasteiger partial charge on any atom is 0.144 e. The second-order valence-electron chi connectivity index (χ2n) is 7.66. The van der Waals surface area contributed by atoms with E-state index in [9.17, 15) is 13.2 Å². The van der Waals surface area contributed by atoms with Crippen LogP contribution in [0.25, 0.3) is 0 Å². The van der Waals surface area contributed by atoms with Gasteiger partial charge in [0, 0.05) is 0 Å². The summed E-state index contributed by atoms with van der Waals surface area (Å²) in [7, 11) is 0. The van der Waals surface area contributed by atoms with Gasteiger partial charge in [-0.25, -0.2) is 13.2 Å². The van der Waals surface area contributed by atoms with E-state index in [-0.39, 0.29) is 42.9 Å². The van der Waals surface area contributed by atoms with Gasteiger partial charge in [-0.1, -0.05) is 36.4 Å². The van der Waals surface area contributed by atoms with Crippen molar-refractivity contribution in [3.63, 3.8) is 0 Å². The lowest BCUT2D eigenvalue weighted by atomic mass is 10.2. The number of rotatable bonds is 6. The van der Waals surface area contributed by atoms with Crippen LogP contribution < -0.4 is 0 Å². The van der Waals surface area contributed by atoms with Crippen molar-refractivity contribution in [2.75, 3.05) is 6.61 Å². The highest BCUT2D eigenvalue weighted by Gasteiger charge is 2.24. The fraction of sp³-hybridized carbons (Fsp3) is 0.296. The Kier molecular flexibility index (Phi) is 12.5. The molecule has 0 radical (unpaired) electrons. The highest BCUT2D eigenvalue weighted by Crippen LogP contribution is 2.19. The summed E-state index contributed by atoms with van der Waals surface area (Å²) in [6.07, 6.45) is 1.37. The van der Waals surface area contributed by atoms with Gasteiger partial charge in [-0.15, -0.1) is 0 Å². The van der Waals surface area contributed by atoms with E-state index in [2.05, 4.69) is 6.07 Å². The maximum atomic E-state index is 12.6. The number of hydrogen-bond acceptors (Lipinski definition) is 5. The average Bonchev–Trinajstić information content (AvgIpc) is 3.35. The Morgan fingerprint density at radius 3 is 1.54 bits per heavy atom. The number of halogens is 3. The van der Waals surface area contributed by atoms with Crippen LogP contribution in [0.15, 0.2) is 72.8 Å². The first-order valence-electron chi connectivity index (χ1n) is 11.0. The lowest BCUT2D eigenvalue weighted by Crippen LogP contribution is -2.16. The van der Waals surface area contributed by atoms with Crippen molar-refractivity contribution >= 4 is 0 Å². The standard InChI is InChI=1S/C13H14FNO2.2C7H7FO/c14-11-3-1-10(2-4-11)8-16-9-13-6-5-12(7-15)17-13;2*8-7-3-1-6(5-9)2-4-7/h1-4,12-13H,5-6,8-9H2;2*1-4,9H,5H2/t12-,13+;;/m1../s1. The Labute approximate surface area is 203 Å². The first-order chi connectivity index (χ1) is 16.9. The van der Waals surface area contributed by atoms with Gasteiger partial charge in [-0.05, 0) is 65.9 Å². The summed E-state index contributed by atoms with van der Waals surface area (Å²) in [5.41, 5.74) is 2.40. The topological polar surface area (TPSA) is 82.7 Å². The van der Waals surface area contributed by atoms with Gasteiger partial charge in [-0.2, -0.15) is 5.26 Å². The van der Waals surface area contributed by atoms with Crippen molar-refractivity contribution in [3.05, 3.63) is 107 Å². The molecule has 3 aromatic rings. The first kappa shape index (κ1) is 28.0. The molecular weight excluding hydrogens is 459 g/mol. The molecule has 1 saturated heterocycles. The molecule has 0 saturated carbocycles. The van der Waals surface area contributed by atoms with Crippen LogP contribution in [0, 0.1) is 28.8 Å². The number of ether oxygens (including phenoxy) is 2. The molecule has 4 rings (SSSR count). The van der Waals surface area contributed by atoms with Gasteiger partial charge in [0.05, 0.1) is 38.6 Å². The van der Waals surface area contributed by atoms with E-state index in [0.29, 0.717) is 13.2 Å². The molecule has 0 bridgehead atoms. The largest absolute Gasteiger partial charge is 0.392 e. The van der Waals surface area contributed by atoms with E-state index < -0.39 is 0 Å². The number of aliphatic hydroxyl groups excluding tert-OH is 2. The molecule has 0 amide bonds. The second kappa shape index (κ2) is 15.6. The summed E-state index contributed by atoms with van der Waals surface area (Å²) < 4.78 is 47.8. The minimum Gasteiger partial charge on any atom is -0.392 e. The van der Waals surface area contributed by atoms with Crippen LogP contribution in [0.2, 0.25) is 0 Å². The fourth-order valence-corrected chi connectivity index (χ4v) is 2.99. The normalized spacial score (nSPS) is 16.3. The van der Waals surface area contributed by atoms with Crippen molar-refractivity contribution in [1.29, 1.82) is 5.26 Å². The van der Waals surface area contributed by atoms with Crippen molar-refractivity contribution in [2.24, 2.45) is 0 Å². The summed E-state index contributed by atoms with van der Waals surface area (Å²) in [5.74, 6) is -0.788. The molecule has 0 aliphatic carbocycles. The third-order valence-electron chi connectivity index (χ3n) is 4.93. The molecule has 2 atom stereocenters. The molecular formula is C27H28F3NO4. The minimum absolute atomic E-state index is 0.0140. The number of hydrogen-bond donors (Lipinski definition) is 2. The average molecular weight is 488 g/mol. The molecule has 8 heteroatoms. The number of benzene rings is 3. The summed E-state index contributed by atoms with van der Waals surface area (Å²) >= 11 is 0. The van der Waals surface area contributed by atoms with Crippen molar-refractivity contribution in [2.45, 2.75) is 44.9 Å². The van der Waals surface area contributed by atoms with Gasteiger partial charge in [0.15, 0.2) is 0 Å². The maximum absolute atomic E-state index is 12.6. The molecule has 0 unspecified atom stereocenters. The molecule has 1 aliphatic heterocycles. The highest BCUT2D eigenvalue weighted by atomic mass is 19.1. The van der Waals surface area contributed by atoms with Gasteiger partial charge in [-0.3, -0.25) is 0 Å². The Morgan fingerprint density at radius 1 is 0.743 bits per heavy atom. The fourth-order valence-electron chi connectivity index (χ4n) is 2.99. The van der Waals surface area contributed by atoms with E-state index in [1.54, 1.807) is 36.4 Å². The quantitative estimate of drug-likeness (QED) is 0.509. The van der Waals surface area contributed by atoms with Crippen LogP contribution in [-0.4, -0.2) is 29.0 Å². The monoisotopic (exact) mass is 487 g/mol. The van der Waals surface area contributed by atoms with Gasteiger partial charge < -0.3 is 19.7 Å². The number of nitriles is 1. The smallest absolute Gasteiger partial charge is 0.144 e. The summed E-state index contributed by atoms with van der Waals surface area (Å²) in [6, 6.07) is 19.8. The lowest BCUT2D eigenvalue weighted by Gasteiger charge is -2.10. The highest BCUT2D eigenvalue weighted by molar-refractivity contribution is 5.16. The van der Waals surface area contributed by atoms with Crippen LogP contribution >= 0.6 is 0 Å². The van der Waals surface area contributed by atoms with E-state index in [4.69, 9.17) is 24.9 Å². The zero-order valence-electron chi connectivity index (χ0n) is 19.1. The Balaban J connectivity index is 0.000000203. The summed E-state index contributed by atoms with van der Waals surface area (Å²) in [5, 5.41) is 25.7. The van der Waals surface area contributed by atoms with E-state index >= 15 is 0 Å². The minimum atomic E-state index is -0.283. The lowest BCUT2D eigenvalue weighted by molar-refractivity contribution is -0.00502. The van der Waals surface area contributed by atoms with Gasteiger partial charge in [0.2, 0.25) is 0 Å². The first-order valence-corrected chi connectivity index (χ1v) is 11.0. The number of aliphatic hydroxyl groups is 2. The zero-order chi connectivity index (χ0) is 25.5. The van der Waals surface area contributed by atoms with Crippen molar-refractivity contribution in [1.82, 2.24) is 0 Å². The van der Waals surface area contributed by atoms with Crippen molar-refractivity contribution < 1.29 is 32.9 Å². The van der Waals surface area contributed by atoms with E-state index in [1.165, 1.54) is 36.4 Å². The molecule has 5 nitrogen and oxygen atoms in total. The van der Waals surface area contributed by atoms with Crippen LogP contribution in [0.5, 0.6) is 0 Å². The summed E-state index contributed by atoms with van der Waals surface area (Å²) in [6.45, 7) is 0.869. The molecule has 0 spiro atoms. The third kappa shape index (κ3) is 11.2. The Bertz CT molecular complexity index is 977.